The van der Waals surface area contributed by atoms with Crippen molar-refractivity contribution in [1.82, 2.24) is 9.97 Å². The second-order valence-corrected chi connectivity index (χ2v) is 7.50. The van der Waals surface area contributed by atoms with Gasteiger partial charge in [-0.3, -0.25) is 4.79 Å². The van der Waals surface area contributed by atoms with Crippen LogP contribution in [0.2, 0.25) is 0 Å². The summed E-state index contributed by atoms with van der Waals surface area (Å²) in [6, 6.07) is 9.85. The first-order chi connectivity index (χ1) is 13.5. The second-order valence-electron chi connectivity index (χ2n) is 7.50. The molecule has 0 aliphatic carbocycles. The van der Waals surface area contributed by atoms with Gasteiger partial charge in [-0.15, -0.1) is 0 Å². The highest BCUT2D eigenvalue weighted by atomic mass is 16.1. The molecule has 150 valence electrons. The van der Waals surface area contributed by atoms with Crippen molar-refractivity contribution < 1.29 is 4.79 Å². The summed E-state index contributed by atoms with van der Waals surface area (Å²) in [7, 11) is 0. The van der Waals surface area contributed by atoms with Crippen molar-refractivity contribution in [1.29, 1.82) is 0 Å². The first kappa shape index (κ1) is 20.1. The third-order valence-electron chi connectivity index (χ3n) is 5.42. The van der Waals surface area contributed by atoms with Crippen molar-refractivity contribution in [3.8, 4) is 0 Å². The van der Waals surface area contributed by atoms with Gasteiger partial charge in [0.1, 0.15) is 17.3 Å². The largest absolute Gasteiger partial charge is 0.372 e. The fraction of sp³-hybridized carbons (Fsp3) is 0.500. The number of carbonyl (C=O) groups is 1. The maximum absolute atomic E-state index is 12.7. The molecule has 0 spiro atoms. The van der Waals surface area contributed by atoms with Crippen molar-refractivity contribution >= 4 is 23.1 Å². The molecule has 0 atom stereocenters. The Hall–Kier alpha value is -2.63. The minimum Gasteiger partial charge on any atom is -0.372 e. The number of hydrogen-bond donors (Lipinski definition) is 1. The third kappa shape index (κ3) is 4.80. The van der Waals surface area contributed by atoms with Gasteiger partial charge in [0, 0.05) is 43.6 Å². The highest BCUT2D eigenvalue weighted by Gasteiger charge is 2.17. The minimum atomic E-state index is -0.210. The molecule has 1 N–H and O–H groups in total. The number of aromatic nitrogens is 2. The SMILES string of the molecule is CCN(CC)c1cc(C(=O)Nc2ccc(N3CCC(C)CC3)cc2)nc(C)n1. The van der Waals surface area contributed by atoms with Crippen LogP contribution in [0.3, 0.4) is 0 Å². The van der Waals surface area contributed by atoms with Gasteiger partial charge in [0.25, 0.3) is 5.91 Å². The number of piperidine rings is 1. The Balaban J connectivity index is 1.69. The summed E-state index contributed by atoms with van der Waals surface area (Å²) in [5, 5.41) is 2.96. The molecule has 0 radical (unpaired) electrons. The summed E-state index contributed by atoms with van der Waals surface area (Å²) in [5.41, 5.74) is 2.38. The fourth-order valence-electron chi connectivity index (χ4n) is 3.60. The van der Waals surface area contributed by atoms with Crippen molar-refractivity contribution in [2.45, 2.75) is 40.5 Å². The molecule has 0 saturated carbocycles. The quantitative estimate of drug-likeness (QED) is 0.815. The summed E-state index contributed by atoms with van der Waals surface area (Å²) < 4.78 is 0. The van der Waals surface area contributed by atoms with E-state index in [-0.39, 0.29) is 5.91 Å². The predicted octanol–water partition coefficient (Wildman–Crippen LogP) is 4.12. The van der Waals surface area contributed by atoms with E-state index in [0.717, 1.165) is 43.6 Å². The van der Waals surface area contributed by atoms with E-state index in [1.165, 1.54) is 18.5 Å². The van der Waals surface area contributed by atoms with Gasteiger partial charge < -0.3 is 15.1 Å². The minimum absolute atomic E-state index is 0.210. The fourth-order valence-corrected chi connectivity index (χ4v) is 3.60. The van der Waals surface area contributed by atoms with Crippen LogP contribution < -0.4 is 15.1 Å². The molecule has 2 heterocycles. The first-order valence-corrected chi connectivity index (χ1v) is 10.3. The molecular formula is C22H31N5O. The number of nitrogens with zero attached hydrogens (tertiary/aromatic N) is 4. The van der Waals surface area contributed by atoms with Crippen LogP contribution in [0.5, 0.6) is 0 Å². The molecule has 28 heavy (non-hydrogen) atoms. The lowest BCUT2D eigenvalue weighted by molar-refractivity contribution is 0.102. The van der Waals surface area contributed by atoms with Crippen LogP contribution in [0.4, 0.5) is 17.2 Å². The third-order valence-corrected chi connectivity index (χ3v) is 5.42. The molecule has 6 heteroatoms. The molecule has 1 saturated heterocycles. The molecule has 2 aromatic rings. The summed E-state index contributed by atoms with van der Waals surface area (Å²) in [6.07, 6.45) is 2.47. The van der Waals surface area contributed by atoms with Gasteiger partial charge in [0.15, 0.2) is 0 Å². The van der Waals surface area contributed by atoms with Gasteiger partial charge in [-0.05, 0) is 63.8 Å². The molecule has 1 aromatic heterocycles. The molecule has 1 fully saturated rings. The van der Waals surface area contributed by atoms with E-state index in [0.29, 0.717) is 11.5 Å². The molecule has 6 nitrogen and oxygen atoms in total. The Morgan fingerprint density at radius 3 is 2.39 bits per heavy atom. The van der Waals surface area contributed by atoms with Gasteiger partial charge in [-0.2, -0.15) is 0 Å². The van der Waals surface area contributed by atoms with Crippen LogP contribution in [0, 0.1) is 12.8 Å². The smallest absolute Gasteiger partial charge is 0.274 e. The summed E-state index contributed by atoms with van der Waals surface area (Å²) in [6.45, 7) is 12.2. The standard InChI is InChI=1S/C22H31N5O/c1-5-26(6-2)21-15-20(23-17(4)24-21)22(28)25-18-7-9-19(10-8-18)27-13-11-16(3)12-14-27/h7-10,15-16H,5-6,11-14H2,1-4H3,(H,25,28). The number of aryl methyl sites for hydroxylation is 1. The van der Waals surface area contributed by atoms with Gasteiger partial charge >= 0.3 is 0 Å². The zero-order chi connectivity index (χ0) is 20.1. The van der Waals surface area contributed by atoms with Crippen LogP contribution in [0.1, 0.15) is 49.9 Å². The number of benzene rings is 1. The van der Waals surface area contributed by atoms with Crippen molar-refractivity contribution in [2.75, 3.05) is 41.3 Å². The van der Waals surface area contributed by atoms with Gasteiger partial charge in [0.05, 0.1) is 0 Å². The van der Waals surface area contributed by atoms with Crippen molar-refractivity contribution in [3.05, 3.63) is 41.9 Å². The van der Waals surface area contributed by atoms with Gasteiger partial charge in [-0.25, -0.2) is 9.97 Å². The molecule has 1 aliphatic rings. The Labute approximate surface area is 168 Å². The summed E-state index contributed by atoms with van der Waals surface area (Å²) >= 11 is 0. The predicted molar refractivity (Wildman–Crippen MR) is 115 cm³/mol. The van der Waals surface area contributed by atoms with E-state index < -0.39 is 0 Å². The van der Waals surface area contributed by atoms with E-state index in [1.54, 1.807) is 6.07 Å². The molecule has 1 amide bonds. The van der Waals surface area contributed by atoms with Gasteiger partial charge in [0.2, 0.25) is 0 Å². The van der Waals surface area contributed by atoms with E-state index in [1.807, 2.05) is 19.1 Å². The van der Waals surface area contributed by atoms with Crippen LogP contribution in [-0.4, -0.2) is 42.1 Å². The lowest BCUT2D eigenvalue weighted by Gasteiger charge is -2.32. The summed E-state index contributed by atoms with van der Waals surface area (Å²) in [5.74, 6) is 1.99. The average Bonchev–Trinajstić information content (AvgIpc) is 2.70. The normalized spacial score (nSPS) is 14.8. The molecule has 1 aromatic carbocycles. The highest BCUT2D eigenvalue weighted by Crippen LogP contribution is 2.24. The van der Waals surface area contributed by atoms with Gasteiger partial charge in [-0.1, -0.05) is 6.92 Å². The van der Waals surface area contributed by atoms with Crippen LogP contribution in [0.25, 0.3) is 0 Å². The number of anilines is 3. The average molecular weight is 382 g/mol. The summed E-state index contributed by atoms with van der Waals surface area (Å²) in [4.78, 5) is 26.0. The van der Waals surface area contributed by atoms with Crippen LogP contribution >= 0.6 is 0 Å². The number of amides is 1. The molecule has 0 unspecified atom stereocenters. The number of carbonyl (C=O) groups excluding carboxylic acids is 1. The Kier molecular flexibility index (Phi) is 6.49. The monoisotopic (exact) mass is 381 g/mol. The zero-order valence-electron chi connectivity index (χ0n) is 17.4. The Morgan fingerprint density at radius 1 is 1.14 bits per heavy atom. The highest BCUT2D eigenvalue weighted by molar-refractivity contribution is 6.03. The van der Waals surface area contributed by atoms with E-state index in [2.05, 4.69) is 58.0 Å². The molecule has 3 rings (SSSR count). The molecule has 0 bridgehead atoms. The Morgan fingerprint density at radius 2 is 1.79 bits per heavy atom. The molecule has 1 aliphatic heterocycles. The van der Waals surface area contributed by atoms with E-state index in [4.69, 9.17) is 0 Å². The first-order valence-electron chi connectivity index (χ1n) is 10.3. The number of hydrogen-bond acceptors (Lipinski definition) is 5. The van der Waals surface area contributed by atoms with E-state index in [9.17, 15) is 4.79 Å². The lowest BCUT2D eigenvalue weighted by Crippen LogP contribution is -2.32. The zero-order valence-corrected chi connectivity index (χ0v) is 17.4. The maximum Gasteiger partial charge on any atom is 0.274 e. The van der Waals surface area contributed by atoms with Crippen molar-refractivity contribution in [2.24, 2.45) is 5.92 Å². The lowest BCUT2D eigenvalue weighted by atomic mass is 9.99. The number of nitrogens with one attached hydrogen (secondary N) is 1. The van der Waals surface area contributed by atoms with Crippen LogP contribution in [-0.2, 0) is 0 Å². The van der Waals surface area contributed by atoms with Crippen LogP contribution in [0.15, 0.2) is 30.3 Å². The second kappa shape index (κ2) is 9.04. The van der Waals surface area contributed by atoms with E-state index >= 15 is 0 Å². The van der Waals surface area contributed by atoms with Crippen molar-refractivity contribution in [3.63, 3.8) is 0 Å². The number of rotatable bonds is 6. The topological polar surface area (TPSA) is 61.4 Å². The maximum atomic E-state index is 12.7. The molecular weight excluding hydrogens is 350 g/mol. The Bertz CT molecular complexity index is 793.